The SMILES string of the molecule is CCCCOCC(O)CNCCC1CC1. The third kappa shape index (κ3) is 7.77. The predicted molar refractivity (Wildman–Crippen MR) is 61.9 cm³/mol. The van der Waals surface area contributed by atoms with Gasteiger partial charge in [-0.15, -0.1) is 0 Å². The second-order valence-corrected chi connectivity index (χ2v) is 4.52. The third-order valence-electron chi connectivity index (χ3n) is 2.76. The summed E-state index contributed by atoms with van der Waals surface area (Å²) in [5, 5.41) is 12.8. The van der Waals surface area contributed by atoms with Crippen LogP contribution in [0, 0.1) is 5.92 Å². The Labute approximate surface area is 93.2 Å². The monoisotopic (exact) mass is 215 g/mol. The van der Waals surface area contributed by atoms with Crippen LogP contribution in [0.4, 0.5) is 0 Å². The summed E-state index contributed by atoms with van der Waals surface area (Å²) in [5.74, 6) is 0.968. The van der Waals surface area contributed by atoms with E-state index in [2.05, 4.69) is 12.2 Å². The van der Waals surface area contributed by atoms with Gasteiger partial charge in [0, 0.05) is 13.2 Å². The normalized spacial score (nSPS) is 18.0. The smallest absolute Gasteiger partial charge is 0.0897 e. The Bertz CT molecular complexity index is 149. The molecule has 0 aliphatic heterocycles. The zero-order valence-corrected chi connectivity index (χ0v) is 9.87. The van der Waals surface area contributed by atoms with Crippen molar-refractivity contribution in [2.45, 2.75) is 45.1 Å². The summed E-state index contributed by atoms with van der Waals surface area (Å²) in [6, 6.07) is 0. The van der Waals surface area contributed by atoms with Gasteiger partial charge < -0.3 is 15.2 Å². The van der Waals surface area contributed by atoms with Gasteiger partial charge in [-0.2, -0.15) is 0 Å². The summed E-state index contributed by atoms with van der Waals surface area (Å²) < 4.78 is 5.34. The lowest BCUT2D eigenvalue weighted by Crippen LogP contribution is -2.31. The predicted octanol–water partition coefficient (Wildman–Crippen LogP) is 1.55. The van der Waals surface area contributed by atoms with Gasteiger partial charge in [-0.25, -0.2) is 0 Å². The fourth-order valence-electron chi connectivity index (χ4n) is 1.51. The van der Waals surface area contributed by atoms with E-state index < -0.39 is 0 Å². The van der Waals surface area contributed by atoms with Crippen LogP contribution in [0.25, 0.3) is 0 Å². The van der Waals surface area contributed by atoms with Gasteiger partial charge in [-0.3, -0.25) is 0 Å². The molecule has 1 aliphatic rings. The summed E-state index contributed by atoms with van der Waals surface area (Å²) in [6.07, 6.45) is 5.97. The number of rotatable bonds is 10. The van der Waals surface area contributed by atoms with Gasteiger partial charge in [0.15, 0.2) is 0 Å². The van der Waals surface area contributed by atoms with Gasteiger partial charge in [0.05, 0.1) is 12.7 Å². The van der Waals surface area contributed by atoms with Gasteiger partial charge in [0.1, 0.15) is 0 Å². The summed E-state index contributed by atoms with van der Waals surface area (Å²) in [6.45, 7) is 5.08. The highest BCUT2D eigenvalue weighted by Crippen LogP contribution is 2.31. The fraction of sp³-hybridized carbons (Fsp3) is 1.00. The Hall–Kier alpha value is -0.120. The summed E-state index contributed by atoms with van der Waals surface area (Å²) >= 11 is 0. The zero-order chi connectivity index (χ0) is 10.9. The molecule has 1 rings (SSSR count). The Balaban J connectivity index is 1.77. The van der Waals surface area contributed by atoms with E-state index in [4.69, 9.17) is 4.74 Å². The zero-order valence-electron chi connectivity index (χ0n) is 9.87. The van der Waals surface area contributed by atoms with Crippen molar-refractivity contribution in [1.82, 2.24) is 5.32 Å². The van der Waals surface area contributed by atoms with Gasteiger partial charge in [-0.1, -0.05) is 26.2 Å². The van der Waals surface area contributed by atoms with Crippen molar-refractivity contribution in [1.29, 1.82) is 0 Å². The van der Waals surface area contributed by atoms with Crippen LogP contribution in [-0.4, -0.2) is 37.5 Å². The highest BCUT2D eigenvalue weighted by molar-refractivity contribution is 4.73. The fourth-order valence-corrected chi connectivity index (χ4v) is 1.51. The maximum atomic E-state index is 9.54. The minimum absolute atomic E-state index is 0.346. The first-order chi connectivity index (χ1) is 7.33. The van der Waals surface area contributed by atoms with Crippen molar-refractivity contribution in [2.24, 2.45) is 5.92 Å². The number of aliphatic hydroxyl groups excluding tert-OH is 1. The van der Waals surface area contributed by atoms with Crippen LogP contribution >= 0.6 is 0 Å². The van der Waals surface area contributed by atoms with E-state index in [0.29, 0.717) is 13.2 Å². The number of unbranched alkanes of at least 4 members (excludes halogenated alkanes) is 1. The van der Waals surface area contributed by atoms with E-state index in [1.54, 1.807) is 0 Å². The molecule has 3 nitrogen and oxygen atoms in total. The number of aliphatic hydroxyl groups is 1. The second kappa shape index (κ2) is 8.08. The average molecular weight is 215 g/mol. The highest BCUT2D eigenvalue weighted by atomic mass is 16.5. The van der Waals surface area contributed by atoms with Crippen molar-refractivity contribution in [3.63, 3.8) is 0 Å². The number of hydrogen-bond acceptors (Lipinski definition) is 3. The number of hydrogen-bond donors (Lipinski definition) is 2. The largest absolute Gasteiger partial charge is 0.389 e. The molecule has 0 aromatic carbocycles. The summed E-state index contributed by atoms with van der Waals surface area (Å²) in [4.78, 5) is 0. The average Bonchev–Trinajstić information content (AvgIpc) is 3.03. The van der Waals surface area contributed by atoms with Crippen LogP contribution in [0.2, 0.25) is 0 Å². The van der Waals surface area contributed by atoms with Crippen LogP contribution < -0.4 is 5.32 Å². The Morgan fingerprint density at radius 3 is 2.93 bits per heavy atom. The molecule has 0 aromatic rings. The topological polar surface area (TPSA) is 41.5 Å². The molecule has 1 atom stereocenters. The van der Waals surface area contributed by atoms with Crippen LogP contribution in [0.15, 0.2) is 0 Å². The van der Waals surface area contributed by atoms with Crippen LogP contribution in [0.3, 0.4) is 0 Å². The number of ether oxygens (including phenoxy) is 1. The maximum absolute atomic E-state index is 9.54. The molecule has 2 N–H and O–H groups in total. The molecule has 0 spiro atoms. The lowest BCUT2D eigenvalue weighted by atomic mass is 10.3. The first-order valence-corrected chi connectivity index (χ1v) is 6.29. The van der Waals surface area contributed by atoms with Crippen molar-refractivity contribution in [3.05, 3.63) is 0 Å². The molecule has 1 saturated carbocycles. The second-order valence-electron chi connectivity index (χ2n) is 4.52. The molecule has 1 aliphatic carbocycles. The quantitative estimate of drug-likeness (QED) is 0.543. The van der Waals surface area contributed by atoms with Crippen molar-refractivity contribution < 1.29 is 9.84 Å². The van der Waals surface area contributed by atoms with Gasteiger partial charge in [0.2, 0.25) is 0 Å². The molecular weight excluding hydrogens is 190 g/mol. The molecule has 0 radical (unpaired) electrons. The van der Waals surface area contributed by atoms with Gasteiger partial charge >= 0.3 is 0 Å². The Morgan fingerprint density at radius 1 is 1.47 bits per heavy atom. The Morgan fingerprint density at radius 2 is 2.27 bits per heavy atom. The van der Waals surface area contributed by atoms with E-state index >= 15 is 0 Å². The van der Waals surface area contributed by atoms with Crippen molar-refractivity contribution >= 4 is 0 Å². The van der Waals surface area contributed by atoms with Crippen molar-refractivity contribution in [3.8, 4) is 0 Å². The molecule has 0 heterocycles. The van der Waals surface area contributed by atoms with E-state index in [0.717, 1.165) is 31.9 Å². The first kappa shape index (κ1) is 12.9. The van der Waals surface area contributed by atoms with E-state index in [-0.39, 0.29) is 6.10 Å². The number of nitrogens with one attached hydrogen (secondary N) is 1. The van der Waals surface area contributed by atoms with E-state index in [9.17, 15) is 5.11 Å². The van der Waals surface area contributed by atoms with Crippen LogP contribution in [0.5, 0.6) is 0 Å². The molecule has 15 heavy (non-hydrogen) atoms. The van der Waals surface area contributed by atoms with Crippen LogP contribution in [-0.2, 0) is 4.74 Å². The molecule has 1 unspecified atom stereocenters. The first-order valence-electron chi connectivity index (χ1n) is 6.29. The highest BCUT2D eigenvalue weighted by Gasteiger charge is 2.20. The van der Waals surface area contributed by atoms with E-state index in [1.807, 2.05) is 0 Å². The molecule has 0 aromatic heterocycles. The summed E-state index contributed by atoms with van der Waals surface area (Å²) in [7, 11) is 0. The Kier molecular flexibility index (Phi) is 6.98. The molecule has 90 valence electrons. The van der Waals surface area contributed by atoms with Gasteiger partial charge in [0.25, 0.3) is 0 Å². The molecular formula is C12H25NO2. The molecule has 0 saturated heterocycles. The lowest BCUT2D eigenvalue weighted by Gasteiger charge is -2.12. The minimum Gasteiger partial charge on any atom is -0.389 e. The lowest BCUT2D eigenvalue weighted by molar-refractivity contribution is 0.0359. The summed E-state index contributed by atoms with van der Waals surface area (Å²) in [5.41, 5.74) is 0. The van der Waals surface area contributed by atoms with Crippen LogP contribution in [0.1, 0.15) is 39.0 Å². The van der Waals surface area contributed by atoms with Gasteiger partial charge in [-0.05, 0) is 25.3 Å². The van der Waals surface area contributed by atoms with E-state index in [1.165, 1.54) is 19.3 Å². The third-order valence-corrected chi connectivity index (χ3v) is 2.76. The molecule has 0 bridgehead atoms. The molecule has 0 amide bonds. The minimum atomic E-state index is -0.346. The molecule has 1 fully saturated rings. The van der Waals surface area contributed by atoms with Crippen molar-refractivity contribution in [2.75, 3.05) is 26.3 Å². The maximum Gasteiger partial charge on any atom is 0.0897 e. The standard InChI is InChI=1S/C12H25NO2/c1-2-3-8-15-10-12(14)9-13-7-6-11-4-5-11/h11-14H,2-10H2,1H3. The molecule has 3 heteroatoms.